The van der Waals surface area contributed by atoms with Crippen molar-refractivity contribution in [3.63, 3.8) is 0 Å². The average Bonchev–Trinajstić information content (AvgIpc) is 2.84. The van der Waals surface area contributed by atoms with Crippen LogP contribution < -0.4 is 5.73 Å². The molecule has 0 spiro atoms. The largest absolute Gasteiger partial charge is 0.326 e. The minimum absolute atomic E-state index is 0.607. The van der Waals surface area contributed by atoms with Crippen molar-refractivity contribution in [2.45, 2.75) is 26.6 Å². The Balaban J connectivity index is 2.00. The summed E-state index contributed by atoms with van der Waals surface area (Å²) in [5, 5.41) is 2.10. The van der Waals surface area contributed by atoms with E-state index in [0.717, 1.165) is 18.8 Å². The van der Waals surface area contributed by atoms with Gasteiger partial charge in [-0.3, -0.25) is 4.90 Å². The molecule has 0 atom stereocenters. The summed E-state index contributed by atoms with van der Waals surface area (Å²) in [6.45, 7) is 4.58. The third kappa shape index (κ3) is 3.38. The fourth-order valence-corrected chi connectivity index (χ4v) is 2.55. The molecule has 0 saturated heterocycles. The normalized spacial score (nSPS) is 11.1. The summed E-state index contributed by atoms with van der Waals surface area (Å²) in [7, 11) is 2.12. The Morgan fingerprint density at radius 1 is 1.33 bits per heavy atom. The first-order chi connectivity index (χ1) is 8.69. The zero-order valence-electron chi connectivity index (χ0n) is 10.9. The molecule has 4 heteroatoms. The van der Waals surface area contributed by atoms with Crippen molar-refractivity contribution in [2.24, 2.45) is 5.73 Å². The predicted octanol–water partition coefficient (Wildman–Crippen LogP) is 2.54. The van der Waals surface area contributed by atoms with Crippen LogP contribution in [-0.4, -0.2) is 16.9 Å². The molecular formula is C14H19N3S. The number of nitrogens with zero attached hydrogens (tertiary/aromatic N) is 2. The van der Waals surface area contributed by atoms with Gasteiger partial charge in [0.15, 0.2) is 0 Å². The molecule has 1 aromatic heterocycles. The molecule has 2 N–H and O–H groups in total. The number of hydrogen-bond acceptors (Lipinski definition) is 4. The van der Waals surface area contributed by atoms with Crippen molar-refractivity contribution in [3.05, 3.63) is 51.5 Å². The van der Waals surface area contributed by atoms with Crippen LogP contribution in [0, 0.1) is 6.92 Å². The number of benzene rings is 1. The second-order valence-corrected chi connectivity index (χ2v) is 5.34. The van der Waals surface area contributed by atoms with Gasteiger partial charge in [-0.05, 0) is 30.7 Å². The van der Waals surface area contributed by atoms with Crippen LogP contribution in [0.15, 0.2) is 29.1 Å². The van der Waals surface area contributed by atoms with Gasteiger partial charge in [0.2, 0.25) is 0 Å². The number of rotatable bonds is 5. The Morgan fingerprint density at radius 2 is 2.17 bits per heavy atom. The van der Waals surface area contributed by atoms with Crippen molar-refractivity contribution in [1.29, 1.82) is 0 Å². The van der Waals surface area contributed by atoms with E-state index in [0.29, 0.717) is 6.54 Å². The fourth-order valence-electron chi connectivity index (χ4n) is 2.00. The number of nitrogens with two attached hydrogens (primary N) is 1. The second kappa shape index (κ2) is 6.09. The van der Waals surface area contributed by atoms with Gasteiger partial charge >= 0.3 is 0 Å². The van der Waals surface area contributed by atoms with Crippen LogP contribution in [-0.2, 0) is 19.6 Å². The molecule has 3 nitrogen and oxygen atoms in total. The van der Waals surface area contributed by atoms with E-state index in [1.165, 1.54) is 16.7 Å². The molecule has 0 aliphatic heterocycles. The van der Waals surface area contributed by atoms with E-state index in [9.17, 15) is 0 Å². The minimum Gasteiger partial charge on any atom is -0.326 e. The summed E-state index contributed by atoms with van der Waals surface area (Å²) in [4.78, 5) is 6.59. The molecule has 0 amide bonds. The van der Waals surface area contributed by atoms with E-state index >= 15 is 0 Å². The zero-order valence-corrected chi connectivity index (χ0v) is 11.7. The topological polar surface area (TPSA) is 42.1 Å². The van der Waals surface area contributed by atoms with Crippen molar-refractivity contribution in [1.82, 2.24) is 9.88 Å². The van der Waals surface area contributed by atoms with Gasteiger partial charge in [-0.25, -0.2) is 4.98 Å². The minimum atomic E-state index is 0.607. The maximum Gasteiger partial charge on any atom is 0.0795 e. The highest BCUT2D eigenvalue weighted by molar-refractivity contribution is 7.07. The van der Waals surface area contributed by atoms with E-state index in [-0.39, 0.29) is 0 Å². The molecule has 0 saturated carbocycles. The first-order valence-corrected chi connectivity index (χ1v) is 6.97. The van der Waals surface area contributed by atoms with Gasteiger partial charge in [0.05, 0.1) is 11.2 Å². The third-order valence-electron chi connectivity index (χ3n) is 3.00. The summed E-state index contributed by atoms with van der Waals surface area (Å²) in [5.74, 6) is 0. The summed E-state index contributed by atoms with van der Waals surface area (Å²) in [5.41, 5.74) is 12.5. The Morgan fingerprint density at radius 3 is 2.78 bits per heavy atom. The summed E-state index contributed by atoms with van der Waals surface area (Å²) < 4.78 is 0. The lowest BCUT2D eigenvalue weighted by Crippen LogP contribution is -2.18. The molecule has 0 unspecified atom stereocenters. The lowest BCUT2D eigenvalue weighted by Gasteiger charge is -2.17. The molecule has 18 heavy (non-hydrogen) atoms. The quantitative estimate of drug-likeness (QED) is 0.899. The molecule has 2 rings (SSSR count). The number of hydrogen-bond donors (Lipinski definition) is 1. The summed E-state index contributed by atoms with van der Waals surface area (Å²) in [6.07, 6.45) is 0. The highest BCUT2D eigenvalue weighted by Gasteiger charge is 2.05. The Hall–Kier alpha value is -1.23. The predicted molar refractivity (Wildman–Crippen MR) is 76.4 cm³/mol. The molecule has 0 aliphatic carbocycles. The highest BCUT2D eigenvalue weighted by atomic mass is 32.1. The SMILES string of the molecule is Cc1cc(CN)ccc1CN(C)Cc1cscn1. The lowest BCUT2D eigenvalue weighted by atomic mass is 10.0. The third-order valence-corrected chi connectivity index (χ3v) is 3.63. The molecule has 0 fully saturated rings. The number of aromatic nitrogens is 1. The lowest BCUT2D eigenvalue weighted by molar-refractivity contribution is 0.315. The van der Waals surface area contributed by atoms with Gasteiger partial charge in [0, 0.05) is 25.0 Å². The molecule has 1 aromatic carbocycles. The molecule has 96 valence electrons. The molecule has 0 radical (unpaired) electrons. The van der Waals surface area contributed by atoms with Crippen LogP contribution in [0.2, 0.25) is 0 Å². The van der Waals surface area contributed by atoms with Crippen molar-refractivity contribution >= 4 is 11.3 Å². The van der Waals surface area contributed by atoms with E-state index in [2.05, 4.69) is 47.4 Å². The van der Waals surface area contributed by atoms with Crippen LogP contribution in [0.1, 0.15) is 22.4 Å². The number of thiazole rings is 1. The first-order valence-electron chi connectivity index (χ1n) is 6.03. The summed E-state index contributed by atoms with van der Waals surface area (Å²) in [6, 6.07) is 6.46. The second-order valence-electron chi connectivity index (χ2n) is 4.62. The Bertz CT molecular complexity index is 494. The summed E-state index contributed by atoms with van der Waals surface area (Å²) >= 11 is 1.64. The molecule has 0 aliphatic rings. The van der Waals surface area contributed by atoms with Gasteiger partial charge in [-0.1, -0.05) is 18.2 Å². The van der Waals surface area contributed by atoms with Gasteiger partial charge in [-0.2, -0.15) is 0 Å². The molecule has 0 bridgehead atoms. The average molecular weight is 261 g/mol. The van der Waals surface area contributed by atoms with Crippen molar-refractivity contribution in [2.75, 3.05) is 7.05 Å². The van der Waals surface area contributed by atoms with Gasteiger partial charge < -0.3 is 5.73 Å². The van der Waals surface area contributed by atoms with Crippen molar-refractivity contribution < 1.29 is 0 Å². The van der Waals surface area contributed by atoms with Crippen LogP contribution in [0.3, 0.4) is 0 Å². The molecule has 2 aromatic rings. The zero-order chi connectivity index (χ0) is 13.0. The van der Waals surface area contributed by atoms with Crippen LogP contribution in [0.5, 0.6) is 0 Å². The standard InChI is InChI=1S/C14H19N3S/c1-11-5-12(6-15)3-4-13(11)7-17(2)8-14-9-18-10-16-14/h3-5,9-10H,6-8,15H2,1-2H3. The smallest absolute Gasteiger partial charge is 0.0795 e. The van der Waals surface area contributed by atoms with Crippen molar-refractivity contribution in [3.8, 4) is 0 Å². The van der Waals surface area contributed by atoms with E-state index < -0.39 is 0 Å². The van der Waals surface area contributed by atoms with Crippen LogP contribution in [0.25, 0.3) is 0 Å². The molecular weight excluding hydrogens is 242 g/mol. The maximum atomic E-state index is 5.64. The monoisotopic (exact) mass is 261 g/mol. The Labute approximate surface area is 112 Å². The fraction of sp³-hybridized carbons (Fsp3) is 0.357. The van der Waals surface area contributed by atoms with Gasteiger partial charge in [0.1, 0.15) is 0 Å². The Kier molecular flexibility index (Phi) is 4.47. The van der Waals surface area contributed by atoms with Crippen LogP contribution in [0.4, 0.5) is 0 Å². The van der Waals surface area contributed by atoms with E-state index in [1.807, 2.05) is 5.51 Å². The van der Waals surface area contributed by atoms with Crippen LogP contribution >= 0.6 is 11.3 Å². The highest BCUT2D eigenvalue weighted by Crippen LogP contribution is 2.14. The first kappa shape index (κ1) is 13.2. The van der Waals surface area contributed by atoms with Gasteiger partial charge in [0.25, 0.3) is 0 Å². The molecule has 1 heterocycles. The van der Waals surface area contributed by atoms with E-state index in [1.54, 1.807) is 11.3 Å². The van der Waals surface area contributed by atoms with E-state index in [4.69, 9.17) is 5.73 Å². The van der Waals surface area contributed by atoms with Gasteiger partial charge in [-0.15, -0.1) is 11.3 Å². The maximum absolute atomic E-state index is 5.64. The number of aryl methyl sites for hydroxylation is 1.